The van der Waals surface area contributed by atoms with Crippen LogP contribution in [0.25, 0.3) is 22.1 Å². The van der Waals surface area contributed by atoms with Crippen LogP contribution in [-0.2, 0) is 4.84 Å². The van der Waals surface area contributed by atoms with E-state index in [4.69, 9.17) is 15.6 Å². The average Bonchev–Trinajstić information content (AvgIpc) is 3.44. The molecule has 4 aromatic rings. The Bertz CT molecular complexity index is 1280. The van der Waals surface area contributed by atoms with Crippen LogP contribution in [0.15, 0.2) is 54.2 Å². The first-order valence-corrected chi connectivity index (χ1v) is 9.41. The number of fused-ring (bicyclic) bond motifs is 3. The highest BCUT2D eigenvalue weighted by atomic mass is 16.7. The number of imidazole rings is 1. The van der Waals surface area contributed by atoms with Crippen molar-refractivity contribution in [1.29, 1.82) is 0 Å². The summed E-state index contributed by atoms with van der Waals surface area (Å²) in [5.74, 6) is 0.156. The minimum absolute atomic E-state index is 0.135. The van der Waals surface area contributed by atoms with E-state index in [9.17, 15) is 5.11 Å². The van der Waals surface area contributed by atoms with E-state index in [0.29, 0.717) is 23.4 Å². The van der Waals surface area contributed by atoms with Crippen LogP contribution in [-0.4, -0.2) is 47.5 Å². The van der Waals surface area contributed by atoms with Crippen LogP contribution in [0.5, 0.6) is 0 Å². The predicted octanol–water partition coefficient (Wildman–Crippen LogP) is 1.68. The number of aliphatic hydroxyl groups excluding tert-OH is 1. The van der Waals surface area contributed by atoms with Crippen molar-refractivity contribution in [1.82, 2.24) is 24.5 Å². The highest BCUT2D eigenvalue weighted by Gasteiger charge is 2.52. The fourth-order valence-corrected chi connectivity index (χ4v) is 4.46. The molecule has 9 nitrogen and oxygen atoms in total. The summed E-state index contributed by atoms with van der Waals surface area (Å²) in [6, 6.07) is 11.8. The molecular formula is C20H17N7O2. The van der Waals surface area contributed by atoms with Gasteiger partial charge >= 0.3 is 0 Å². The third-order valence-corrected chi connectivity index (χ3v) is 5.82. The Morgan fingerprint density at radius 1 is 1.10 bits per heavy atom. The second-order valence-electron chi connectivity index (χ2n) is 7.41. The molecule has 9 heteroatoms. The van der Waals surface area contributed by atoms with Gasteiger partial charge in [-0.1, -0.05) is 29.4 Å². The monoisotopic (exact) mass is 387 g/mol. The Kier molecular flexibility index (Phi) is 3.36. The topological polar surface area (TPSA) is 124 Å². The molecule has 1 aliphatic carbocycles. The summed E-state index contributed by atoms with van der Waals surface area (Å²) in [5.41, 5.74) is 9.48. The molecule has 4 atom stereocenters. The highest BCUT2D eigenvalue weighted by molar-refractivity contribution is 6.03. The van der Waals surface area contributed by atoms with Crippen LogP contribution >= 0.6 is 0 Å². The van der Waals surface area contributed by atoms with Crippen molar-refractivity contribution in [3.63, 3.8) is 0 Å². The molecule has 0 bridgehead atoms. The first-order chi connectivity index (χ1) is 14.2. The van der Waals surface area contributed by atoms with Gasteiger partial charge in [0.1, 0.15) is 17.6 Å². The fraction of sp³-hybridized carbons (Fsp3) is 0.250. The van der Waals surface area contributed by atoms with Gasteiger partial charge in [0.15, 0.2) is 17.6 Å². The number of nitrogen functional groups attached to an aromatic ring is 1. The number of benzene rings is 1. The summed E-state index contributed by atoms with van der Waals surface area (Å²) in [6.45, 7) is 0. The number of oxime groups is 1. The maximum absolute atomic E-state index is 10.6. The number of hydrogen-bond donors (Lipinski definition) is 2. The van der Waals surface area contributed by atoms with Crippen LogP contribution in [0.1, 0.15) is 18.2 Å². The SMILES string of the molecule is Nc1ncnc2c1ncn2[C@@H]1C[C@H](O)C2ON=C(c3ccc4ccccc4n3)C21. The fourth-order valence-electron chi connectivity index (χ4n) is 4.46. The van der Waals surface area contributed by atoms with Crippen LogP contribution < -0.4 is 5.73 Å². The van der Waals surface area contributed by atoms with Crippen molar-refractivity contribution < 1.29 is 9.94 Å². The Labute approximate surface area is 164 Å². The van der Waals surface area contributed by atoms with E-state index in [-0.39, 0.29) is 12.0 Å². The maximum atomic E-state index is 10.6. The summed E-state index contributed by atoms with van der Waals surface area (Å²) < 4.78 is 1.94. The zero-order chi connectivity index (χ0) is 19.5. The molecule has 2 unspecified atom stereocenters. The summed E-state index contributed by atoms with van der Waals surface area (Å²) in [7, 11) is 0. The molecule has 4 heterocycles. The van der Waals surface area contributed by atoms with Crippen LogP contribution in [0.2, 0.25) is 0 Å². The van der Waals surface area contributed by atoms with Crippen LogP contribution in [0.3, 0.4) is 0 Å². The molecule has 3 N–H and O–H groups in total. The minimum atomic E-state index is -0.650. The van der Waals surface area contributed by atoms with Crippen molar-refractivity contribution >= 4 is 33.6 Å². The Hall–Kier alpha value is -3.59. The molecule has 1 saturated carbocycles. The minimum Gasteiger partial charge on any atom is -0.389 e. The van der Waals surface area contributed by atoms with Crippen molar-refractivity contribution in [3.05, 3.63) is 54.7 Å². The molecule has 0 radical (unpaired) electrons. The van der Waals surface area contributed by atoms with Gasteiger partial charge in [-0.05, 0) is 18.6 Å². The van der Waals surface area contributed by atoms with Crippen LogP contribution in [0.4, 0.5) is 5.82 Å². The van der Waals surface area contributed by atoms with Gasteiger partial charge in [0, 0.05) is 5.39 Å². The van der Waals surface area contributed by atoms with E-state index >= 15 is 0 Å². The van der Waals surface area contributed by atoms with E-state index < -0.39 is 12.2 Å². The maximum Gasteiger partial charge on any atom is 0.165 e. The molecule has 2 aliphatic rings. The third-order valence-electron chi connectivity index (χ3n) is 5.82. The van der Waals surface area contributed by atoms with E-state index in [2.05, 4.69) is 20.1 Å². The molecular weight excluding hydrogens is 370 g/mol. The van der Waals surface area contributed by atoms with Crippen molar-refractivity contribution in [3.8, 4) is 0 Å². The average molecular weight is 387 g/mol. The molecule has 3 aromatic heterocycles. The van der Waals surface area contributed by atoms with Gasteiger partial charge in [0.25, 0.3) is 0 Å². The van der Waals surface area contributed by atoms with Gasteiger partial charge in [-0.15, -0.1) is 0 Å². The summed E-state index contributed by atoms with van der Waals surface area (Å²) in [4.78, 5) is 23.1. The van der Waals surface area contributed by atoms with Gasteiger partial charge in [-0.3, -0.25) is 0 Å². The van der Waals surface area contributed by atoms with E-state index in [1.807, 2.05) is 41.0 Å². The molecule has 29 heavy (non-hydrogen) atoms. The standard InChI is InChI=1S/C20H17N7O2/c21-19-17-20(23-8-22-19)27(9-24-17)13-7-14(28)18-15(13)16(26-29-18)12-6-5-10-3-1-2-4-11(10)25-12/h1-6,8-9,13-15,18,28H,7H2,(H2,21,22,23)/t13-,14+,15?,18?/m1/s1. The quantitative estimate of drug-likeness (QED) is 0.536. The van der Waals surface area contributed by atoms with Crippen molar-refractivity contribution in [2.45, 2.75) is 24.7 Å². The number of nitrogens with two attached hydrogens (primary N) is 1. The number of aliphatic hydroxyl groups is 1. The Balaban J connectivity index is 1.45. The highest BCUT2D eigenvalue weighted by Crippen LogP contribution is 2.44. The Morgan fingerprint density at radius 2 is 2.00 bits per heavy atom. The number of aromatic nitrogens is 5. The second-order valence-corrected chi connectivity index (χ2v) is 7.41. The molecule has 0 amide bonds. The van der Waals surface area contributed by atoms with Gasteiger partial charge < -0.3 is 20.2 Å². The molecule has 0 spiro atoms. The molecule has 1 aliphatic heterocycles. The first kappa shape index (κ1) is 16.4. The van der Waals surface area contributed by atoms with Crippen LogP contribution in [0, 0.1) is 5.92 Å². The van der Waals surface area contributed by atoms with Crippen molar-refractivity contribution in [2.24, 2.45) is 11.1 Å². The van der Waals surface area contributed by atoms with Crippen molar-refractivity contribution in [2.75, 3.05) is 5.73 Å². The van der Waals surface area contributed by atoms with Gasteiger partial charge in [-0.2, -0.15) is 0 Å². The summed E-state index contributed by atoms with van der Waals surface area (Å²) in [5, 5.41) is 16.0. The number of anilines is 1. The summed E-state index contributed by atoms with van der Waals surface area (Å²) in [6.07, 6.45) is 2.53. The van der Waals surface area contributed by atoms with Gasteiger partial charge in [0.2, 0.25) is 0 Å². The van der Waals surface area contributed by atoms with Gasteiger partial charge in [-0.25, -0.2) is 19.9 Å². The number of pyridine rings is 1. The lowest BCUT2D eigenvalue weighted by atomic mass is 9.93. The zero-order valence-electron chi connectivity index (χ0n) is 15.3. The smallest absolute Gasteiger partial charge is 0.165 e. The number of nitrogens with zero attached hydrogens (tertiary/aromatic N) is 6. The lowest BCUT2D eigenvalue weighted by Crippen LogP contribution is -2.29. The number of hydrogen-bond acceptors (Lipinski definition) is 8. The predicted molar refractivity (Wildman–Crippen MR) is 106 cm³/mol. The van der Waals surface area contributed by atoms with E-state index in [1.54, 1.807) is 6.33 Å². The molecule has 1 fully saturated rings. The molecule has 0 saturated heterocycles. The number of rotatable bonds is 2. The van der Waals surface area contributed by atoms with Gasteiger partial charge in [0.05, 0.1) is 35.6 Å². The van der Waals surface area contributed by atoms with E-state index in [0.717, 1.165) is 22.3 Å². The largest absolute Gasteiger partial charge is 0.389 e. The zero-order valence-corrected chi connectivity index (χ0v) is 15.3. The first-order valence-electron chi connectivity index (χ1n) is 9.41. The lowest BCUT2D eigenvalue weighted by Gasteiger charge is -2.20. The molecule has 1 aromatic carbocycles. The normalized spacial score (nSPS) is 25.9. The summed E-state index contributed by atoms with van der Waals surface area (Å²) >= 11 is 0. The second kappa shape index (κ2) is 5.95. The Morgan fingerprint density at radius 3 is 2.93 bits per heavy atom. The van der Waals surface area contributed by atoms with E-state index in [1.165, 1.54) is 6.33 Å². The lowest BCUT2D eigenvalue weighted by molar-refractivity contribution is -0.0104. The molecule has 6 rings (SSSR count). The molecule has 144 valence electrons. The third kappa shape index (κ3) is 2.34. The number of para-hydroxylation sites is 1.